The molecule has 1 aromatic carbocycles. The van der Waals surface area contributed by atoms with Crippen LogP contribution in [0.2, 0.25) is 0 Å². The molecule has 1 aromatic heterocycles. The highest BCUT2D eigenvalue weighted by molar-refractivity contribution is 5.93. The van der Waals surface area contributed by atoms with E-state index < -0.39 is 0 Å². The molecule has 5 rings (SSSR count). The van der Waals surface area contributed by atoms with E-state index in [1.54, 1.807) is 0 Å². The lowest BCUT2D eigenvalue weighted by molar-refractivity contribution is -0.0247. The average molecular weight is 422 g/mol. The molecule has 5 heteroatoms. The minimum Gasteiger partial charge on any atom is -0.302 e. The van der Waals surface area contributed by atoms with Crippen LogP contribution in [-0.2, 0) is 0 Å². The maximum absolute atomic E-state index is 13.4. The summed E-state index contributed by atoms with van der Waals surface area (Å²) in [6.45, 7) is 1.45. The van der Waals surface area contributed by atoms with E-state index in [0.29, 0.717) is 12.1 Å². The molecule has 3 aliphatic rings. The molecule has 3 fully saturated rings. The Hall–Kier alpha value is -2.01. The molecule has 2 aromatic rings. The highest BCUT2D eigenvalue weighted by Crippen LogP contribution is 2.42. The Morgan fingerprint density at radius 2 is 1.45 bits per heavy atom. The maximum atomic E-state index is 13.4. The van der Waals surface area contributed by atoms with Gasteiger partial charge in [-0.05, 0) is 50.7 Å². The van der Waals surface area contributed by atoms with E-state index in [9.17, 15) is 9.59 Å². The Morgan fingerprint density at radius 3 is 2.13 bits per heavy atom. The van der Waals surface area contributed by atoms with Crippen molar-refractivity contribution in [1.29, 1.82) is 0 Å². The molecular formula is C26H35N3O2. The smallest absolute Gasteiger partial charge is 0.280 e. The van der Waals surface area contributed by atoms with E-state index in [0.717, 1.165) is 29.9 Å². The second-order valence-corrected chi connectivity index (χ2v) is 9.99. The Labute approximate surface area is 184 Å². The number of carbonyl (C=O) groups is 1. The summed E-state index contributed by atoms with van der Waals surface area (Å²) >= 11 is 0. The first kappa shape index (κ1) is 20.9. The van der Waals surface area contributed by atoms with Crippen molar-refractivity contribution in [2.75, 3.05) is 0 Å². The molecule has 0 radical (unpaired) electrons. The van der Waals surface area contributed by atoms with E-state index in [2.05, 4.69) is 9.88 Å². The minimum atomic E-state index is -0.239. The molecule has 5 nitrogen and oxygen atoms in total. The van der Waals surface area contributed by atoms with E-state index in [4.69, 9.17) is 0 Å². The summed E-state index contributed by atoms with van der Waals surface area (Å²) in [6, 6.07) is 9.79. The molecule has 1 unspecified atom stereocenters. The Morgan fingerprint density at radius 1 is 0.839 bits per heavy atom. The van der Waals surface area contributed by atoms with E-state index in [-0.39, 0.29) is 23.1 Å². The number of piperidine rings is 2. The number of rotatable bonds is 3. The number of hydrogen-bond acceptors (Lipinski definition) is 4. The van der Waals surface area contributed by atoms with Gasteiger partial charge in [-0.15, -0.1) is 0 Å². The first-order valence-electron chi connectivity index (χ1n) is 12.4. The third-order valence-electron chi connectivity index (χ3n) is 8.00. The molecule has 2 bridgehead atoms. The van der Waals surface area contributed by atoms with Crippen molar-refractivity contribution in [3.8, 4) is 0 Å². The summed E-state index contributed by atoms with van der Waals surface area (Å²) in [5.74, 6) is -0.239. The molecule has 1 aliphatic carbocycles. The van der Waals surface area contributed by atoms with Gasteiger partial charge in [0.2, 0.25) is 0 Å². The molecule has 166 valence electrons. The van der Waals surface area contributed by atoms with Crippen LogP contribution in [0.4, 0.5) is 0 Å². The average Bonchev–Trinajstić information content (AvgIpc) is 2.72. The lowest BCUT2D eigenvalue weighted by Gasteiger charge is -2.53. The fourth-order valence-corrected chi connectivity index (χ4v) is 6.67. The van der Waals surface area contributed by atoms with Gasteiger partial charge in [-0.3, -0.25) is 14.5 Å². The lowest BCUT2D eigenvalue weighted by atomic mass is 9.79. The highest BCUT2D eigenvalue weighted by Gasteiger charge is 2.42. The van der Waals surface area contributed by atoms with Crippen molar-refractivity contribution in [2.24, 2.45) is 0 Å². The summed E-state index contributed by atoms with van der Waals surface area (Å²) in [4.78, 5) is 32.8. The molecule has 0 spiro atoms. The summed E-state index contributed by atoms with van der Waals surface area (Å²) in [6.07, 6.45) is 15.4. The molecule has 2 saturated heterocycles. The van der Waals surface area contributed by atoms with E-state index in [1.807, 2.05) is 28.8 Å². The van der Waals surface area contributed by atoms with Gasteiger partial charge in [-0.2, -0.15) is 0 Å². The van der Waals surface area contributed by atoms with E-state index in [1.165, 1.54) is 71.1 Å². The first-order chi connectivity index (χ1) is 15.1. The normalized spacial score (nSPS) is 28.2. The third-order valence-corrected chi connectivity index (χ3v) is 8.00. The number of benzene rings is 1. The van der Waals surface area contributed by atoms with Crippen LogP contribution in [0.5, 0.6) is 0 Å². The van der Waals surface area contributed by atoms with E-state index >= 15 is 0 Å². The van der Waals surface area contributed by atoms with Crippen LogP contribution in [0.1, 0.15) is 101 Å². The minimum absolute atomic E-state index is 0.0892. The van der Waals surface area contributed by atoms with Crippen LogP contribution in [0.25, 0.3) is 11.0 Å². The summed E-state index contributed by atoms with van der Waals surface area (Å²) < 4.78 is 1.93. The summed E-state index contributed by atoms with van der Waals surface area (Å²) in [5, 5.41) is 0. The Balaban J connectivity index is 1.50. The topological polar surface area (TPSA) is 55.2 Å². The van der Waals surface area contributed by atoms with Crippen molar-refractivity contribution in [3.63, 3.8) is 0 Å². The van der Waals surface area contributed by atoms with Gasteiger partial charge < -0.3 is 4.57 Å². The van der Waals surface area contributed by atoms with Crippen LogP contribution < -0.4 is 5.56 Å². The summed E-state index contributed by atoms with van der Waals surface area (Å²) in [5.41, 5.74) is 1.51. The number of aromatic nitrogens is 2. The number of fused-ring (bicyclic) bond motifs is 3. The standard InChI is InChI=1S/C26H35N3O2/c1-18(30)25-26(31)29(24-15-8-7-14-23(24)27-25)22-16-20-12-9-13-21(17-22)28(20)19-10-5-3-2-4-6-11-19/h7-8,14-15,19-22H,2-6,9-13,16-17H2,1H3/t20-,21+,22?. The number of para-hydroxylation sites is 2. The molecule has 0 amide bonds. The largest absolute Gasteiger partial charge is 0.302 e. The molecule has 1 saturated carbocycles. The van der Waals surface area contributed by atoms with Crippen molar-refractivity contribution in [1.82, 2.24) is 14.5 Å². The number of nitrogens with zero attached hydrogens (tertiary/aromatic N) is 3. The van der Waals surface area contributed by atoms with Crippen molar-refractivity contribution in [3.05, 3.63) is 40.3 Å². The zero-order chi connectivity index (χ0) is 21.4. The number of carbonyl (C=O) groups excluding carboxylic acids is 1. The van der Waals surface area contributed by atoms with Crippen molar-refractivity contribution in [2.45, 2.75) is 108 Å². The predicted molar refractivity (Wildman–Crippen MR) is 124 cm³/mol. The van der Waals surface area contributed by atoms with Gasteiger partial charge in [0.05, 0.1) is 11.0 Å². The van der Waals surface area contributed by atoms with Crippen LogP contribution in [-0.4, -0.2) is 38.4 Å². The zero-order valence-corrected chi connectivity index (χ0v) is 18.8. The molecule has 0 N–H and O–H groups in total. The van der Waals surface area contributed by atoms with Crippen LogP contribution >= 0.6 is 0 Å². The first-order valence-corrected chi connectivity index (χ1v) is 12.4. The Kier molecular flexibility index (Phi) is 5.96. The fraction of sp³-hybridized carbons (Fsp3) is 0.654. The van der Waals surface area contributed by atoms with Gasteiger partial charge in [0.25, 0.3) is 5.56 Å². The van der Waals surface area contributed by atoms with Gasteiger partial charge in [0, 0.05) is 31.1 Å². The number of hydrogen-bond donors (Lipinski definition) is 0. The fourth-order valence-electron chi connectivity index (χ4n) is 6.67. The van der Waals surface area contributed by atoms with Gasteiger partial charge >= 0.3 is 0 Å². The third kappa shape index (κ3) is 3.97. The quantitative estimate of drug-likeness (QED) is 0.634. The lowest BCUT2D eigenvalue weighted by Crippen LogP contribution is -2.57. The van der Waals surface area contributed by atoms with Crippen molar-refractivity contribution < 1.29 is 4.79 Å². The molecule has 31 heavy (non-hydrogen) atoms. The molecule has 3 atom stereocenters. The number of Topliss-reactive ketones (excluding diaryl/α,β-unsaturated/α-hetero) is 1. The van der Waals surface area contributed by atoms with Crippen molar-refractivity contribution >= 4 is 16.8 Å². The second-order valence-electron chi connectivity index (χ2n) is 9.99. The number of ketones is 1. The Bertz CT molecular complexity index is 991. The van der Waals surface area contributed by atoms with Crippen LogP contribution in [0.15, 0.2) is 29.1 Å². The zero-order valence-electron chi connectivity index (χ0n) is 18.8. The van der Waals surface area contributed by atoms with Gasteiger partial charge in [0.1, 0.15) is 0 Å². The highest BCUT2D eigenvalue weighted by atomic mass is 16.1. The predicted octanol–water partition coefficient (Wildman–Crippen LogP) is 5.27. The van der Waals surface area contributed by atoms with Gasteiger partial charge in [0.15, 0.2) is 11.5 Å². The summed E-state index contributed by atoms with van der Waals surface area (Å²) in [7, 11) is 0. The van der Waals surface area contributed by atoms with Crippen LogP contribution in [0, 0.1) is 0 Å². The van der Waals surface area contributed by atoms with Gasteiger partial charge in [-0.1, -0.05) is 50.7 Å². The SMILES string of the molecule is CC(=O)c1nc2ccccc2n(C2C[C@H]3CCC[C@@H](C2)N3C2CCCCCCC2)c1=O. The van der Waals surface area contributed by atoms with Gasteiger partial charge in [-0.25, -0.2) is 4.98 Å². The molecule has 3 heterocycles. The van der Waals surface area contributed by atoms with Crippen LogP contribution in [0.3, 0.4) is 0 Å². The second kappa shape index (κ2) is 8.85. The monoisotopic (exact) mass is 421 g/mol. The maximum Gasteiger partial charge on any atom is 0.280 e. The molecule has 2 aliphatic heterocycles. The molecular weight excluding hydrogens is 386 g/mol.